The molecule has 1 saturated carbocycles. The molecule has 1 fully saturated rings. The highest BCUT2D eigenvalue weighted by Crippen LogP contribution is 2.60. The Morgan fingerprint density at radius 3 is 2.79 bits per heavy atom. The second-order valence-electron chi connectivity index (χ2n) is 3.50. The Labute approximate surface area is 83.2 Å². The number of halogens is 2. The van der Waals surface area contributed by atoms with Crippen LogP contribution in [0.2, 0.25) is 0 Å². The van der Waals surface area contributed by atoms with E-state index in [0.29, 0.717) is 5.13 Å². The van der Waals surface area contributed by atoms with E-state index in [1.54, 1.807) is 5.38 Å². The van der Waals surface area contributed by atoms with E-state index in [0.717, 1.165) is 0 Å². The van der Waals surface area contributed by atoms with Crippen molar-refractivity contribution < 1.29 is 13.6 Å². The summed E-state index contributed by atoms with van der Waals surface area (Å²) >= 11 is 1.21. The molecule has 6 heteroatoms. The molecule has 1 heterocycles. The Bertz CT molecular complexity index is 365. The van der Waals surface area contributed by atoms with E-state index in [-0.39, 0.29) is 6.42 Å². The van der Waals surface area contributed by atoms with Gasteiger partial charge in [0.15, 0.2) is 5.13 Å². The summed E-state index contributed by atoms with van der Waals surface area (Å²) < 4.78 is 25.6. The van der Waals surface area contributed by atoms with Crippen molar-refractivity contribution in [2.24, 2.45) is 5.41 Å². The van der Waals surface area contributed by atoms with Crippen molar-refractivity contribution in [2.75, 3.05) is 5.32 Å². The summed E-state index contributed by atoms with van der Waals surface area (Å²) in [5.74, 6) is -3.52. The number of amides is 1. The molecule has 3 nitrogen and oxygen atoms in total. The SMILES string of the molecule is CC1(C(=O)Nc2nccs2)CC1(F)F. The zero-order chi connectivity index (χ0) is 10.4. The fourth-order valence-electron chi connectivity index (χ4n) is 1.17. The second-order valence-corrected chi connectivity index (χ2v) is 4.40. The van der Waals surface area contributed by atoms with Crippen LogP contribution in [-0.2, 0) is 4.79 Å². The second kappa shape index (κ2) is 2.73. The molecule has 1 amide bonds. The summed E-state index contributed by atoms with van der Waals surface area (Å²) in [6.45, 7) is 1.26. The lowest BCUT2D eigenvalue weighted by molar-refractivity contribution is -0.123. The number of nitrogens with one attached hydrogen (secondary N) is 1. The van der Waals surface area contributed by atoms with Crippen LogP contribution in [-0.4, -0.2) is 16.8 Å². The summed E-state index contributed by atoms with van der Waals surface area (Å²) in [6.07, 6.45) is 1.13. The number of aromatic nitrogens is 1. The Morgan fingerprint density at radius 2 is 2.36 bits per heavy atom. The van der Waals surface area contributed by atoms with E-state index in [2.05, 4.69) is 10.3 Å². The van der Waals surface area contributed by atoms with Gasteiger partial charge >= 0.3 is 0 Å². The minimum Gasteiger partial charge on any atom is -0.301 e. The molecule has 1 N–H and O–H groups in total. The van der Waals surface area contributed by atoms with Gasteiger partial charge in [0.2, 0.25) is 5.91 Å². The van der Waals surface area contributed by atoms with Crippen molar-refractivity contribution in [3.05, 3.63) is 11.6 Å². The number of anilines is 1. The number of hydrogen-bond donors (Lipinski definition) is 1. The van der Waals surface area contributed by atoms with Crippen LogP contribution in [0.1, 0.15) is 13.3 Å². The highest BCUT2D eigenvalue weighted by atomic mass is 32.1. The molecule has 1 aliphatic rings. The largest absolute Gasteiger partial charge is 0.301 e. The third-order valence-corrected chi connectivity index (χ3v) is 3.10. The Morgan fingerprint density at radius 1 is 1.71 bits per heavy atom. The smallest absolute Gasteiger partial charge is 0.263 e. The molecule has 1 unspecified atom stereocenters. The monoisotopic (exact) mass is 218 g/mol. The molecule has 1 atom stereocenters. The quantitative estimate of drug-likeness (QED) is 0.826. The normalized spacial score (nSPS) is 28.5. The maximum Gasteiger partial charge on any atom is 0.263 e. The van der Waals surface area contributed by atoms with Gasteiger partial charge < -0.3 is 5.32 Å². The topological polar surface area (TPSA) is 42.0 Å². The van der Waals surface area contributed by atoms with Gasteiger partial charge in [-0.15, -0.1) is 11.3 Å². The van der Waals surface area contributed by atoms with Crippen molar-refractivity contribution in [1.29, 1.82) is 0 Å². The van der Waals surface area contributed by atoms with Crippen molar-refractivity contribution >= 4 is 22.4 Å². The number of alkyl halides is 2. The van der Waals surface area contributed by atoms with Gasteiger partial charge in [0.1, 0.15) is 5.41 Å². The number of thiazole rings is 1. The molecule has 0 aliphatic heterocycles. The third-order valence-electron chi connectivity index (χ3n) is 2.41. The fraction of sp³-hybridized carbons (Fsp3) is 0.500. The van der Waals surface area contributed by atoms with Crippen molar-refractivity contribution in [3.63, 3.8) is 0 Å². The van der Waals surface area contributed by atoms with E-state index in [9.17, 15) is 13.6 Å². The molecule has 1 aromatic rings. The van der Waals surface area contributed by atoms with Crippen molar-refractivity contribution in [3.8, 4) is 0 Å². The molecule has 0 saturated heterocycles. The Kier molecular flexibility index (Phi) is 1.85. The zero-order valence-electron chi connectivity index (χ0n) is 7.38. The number of rotatable bonds is 2. The maximum atomic E-state index is 12.8. The highest BCUT2D eigenvalue weighted by molar-refractivity contribution is 7.13. The van der Waals surface area contributed by atoms with E-state index >= 15 is 0 Å². The fourth-order valence-corrected chi connectivity index (χ4v) is 1.69. The van der Waals surface area contributed by atoms with Crippen LogP contribution < -0.4 is 5.32 Å². The maximum absolute atomic E-state index is 12.8. The summed E-state index contributed by atoms with van der Waals surface area (Å²) in [7, 11) is 0. The van der Waals surface area contributed by atoms with E-state index in [4.69, 9.17) is 0 Å². The average molecular weight is 218 g/mol. The van der Waals surface area contributed by atoms with Crippen LogP contribution in [0.4, 0.5) is 13.9 Å². The van der Waals surface area contributed by atoms with Crippen LogP contribution in [0.3, 0.4) is 0 Å². The number of hydrogen-bond acceptors (Lipinski definition) is 3. The molecule has 0 spiro atoms. The van der Waals surface area contributed by atoms with Crippen LogP contribution in [0.25, 0.3) is 0 Å². The zero-order valence-corrected chi connectivity index (χ0v) is 8.20. The van der Waals surface area contributed by atoms with Gasteiger partial charge in [-0.2, -0.15) is 0 Å². The molecular formula is C8H8F2N2OS. The average Bonchev–Trinajstić information content (AvgIpc) is 2.54. The first-order chi connectivity index (χ1) is 6.46. The minimum absolute atomic E-state index is 0.360. The van der Waals surface area contributed by atoms with E-state index in [1.807, 2.05) is 0 Å². The Hall–Kier alpha value is -1.04. The molecule has 14 heavy (non-hydrogen) atoms. The predicted octanol–water partition coefficient (Wildman–Crippen LogP) is 2.13. The molecule has 1 aromatic heterocycles. The van der Waals surface area contributed by atoms with Gasteiger partial charge in [0, 0.05) is 18.0 Å². The number of carbonyl (C=O) groups excluding carboxylic acids is 1. The summed E-state index contributed by atoms with van der Waals surface area (Å²) in [5, 5.41) is 4.40. The standard InChI is InChI=1S/C8H8F2N2OS/c1-7(4-8(7,9)10)5(13)12-6-11-2-3-14-6/h2-3H,4H2,1H3,(H,11,12,13). The first kappa shape index (κ1) is 9.51. The molecule has 76 valence electrons. The summed E-state index contributed by atoms with van der Waals surface area (Å²) in [5.41, 5.74) is -1.54. The first-order valence-corrected chi connectivity index (χ1v) is 4.92. The van der Waals surface area contributed by atoms with Gasteiger partial charge in [0.05, 0.1) is 0 Å². The number of carbonyl (C=O) groups is 1. The van der Waals surface area contributed by atoms with Crippen LogP contribution in [0.5, 0.6) is 0 Å². The van der Waals surface area contributed by atoms with Crippen LogP contribution in [0.15, 0.2) is 11.6 Å². The van der Waals surface area contributed by atoms with Crippen LogP contribution >= 0.6 is 11.3 Å². The lowest BCUT2D eigenvalue weighted by atomic mass is 10.1. The lowest BCUT2D eigenvalue weighted by Crippen LogP contribution is -2.26. The van der Waals surface area contributed by atoms with Gasteiger partial charge in [-0.3, -0.25) is 4.79 Å². The molecule has 1 aliphatic carbocycles. The predicted molar refractivity (Wildman–Crippen MR) is 48.4 cm³/mol. The highest BCUT2D eigenvalue weighted by Gasteiger charge is 2.72. The molecule has 0 bridgehead atoms. The van der Waals surface area contributed by atoms with Gasteiger partial charge in [-0.1, -0.05) is 0 Å². The lowest BCUT2D eigenvalue weighted by Gasteiger charge is -2.08. The number of nitrogens with zero attached hydrogens (tertiary/aromatic N) is 1. The summed E-state index contributed by atoms with van der Waals surface area (Å²) in [6, 6.07) is 0. The Balaban J connectivity index is 2.05. The van der Waals surface area contributed by atoms with Gasteiger partial charge in [-0.05, 0) is 6.92 Å². The third kappa shape index (κ3) is 1.30. The molecule has 2 rings (SSSR count). The van der Waals surface area contributed by atoms with Gasteiger partial charge in [-0.25, -0.2) is 13.8 Å². The van der Waals surface area contributed by atoms with Crippen molar-refractivity contribution in [1.82, 2.24) is 4.98 Å². The van der Waals surface area contributed by atoms with E-state index in [1.165, 1.54) is 24.5 Å². The van der Waals surface area contributed by atoms with Crippen molar-refractivity contribution in [2.45, 2.75) is 19.3 Å². The summed E-state index contributed by atoms with van der Waals surface area (Å²) in [4.78, 5) is 15.2. The molecule has 0 radical (unpaired) electrons. The van der Waals surface area contributed by atoms with Gasteiger partial charge in [0.25, 0.3) is 5.92 Å². The van der Waals surface area contributed by atoms with E-state index < -0.39 is 17.2 Å². The molecular weight excluding hydrogens is 210 g/mol. The minimum atomic E-state index is -2.87. The van der Waals surface area contributed by atoms with Crippen LogP contribution in [0, 0.1) is 5.41 Å². The molecule has 0 aromatic carbocycles. The first-order valence-electron chi connectivity index (χ1n) is 4.04.